The van der Waals surface area contributed by atoms with Gasteiger partial charge in [-0.3, -0.25) is 9.59 Å². The molecular weight excluding hydrogens is 498 g/mol. The maximum absolute atomic E-state index is 12.8. The first kappa shape index (κ1) is 25.1. The summed E-state index contributed by atoms with van der Waals surface area (Å²) in [6.45, 7) is 7.58. The number of carbonyl (C=O) groups excluding carboxylic acids is 1. The van der Waals surface area contributed by atoms with Gasteiger partial charge in [-0.2, -0.15) is 10.4 Å². The predicted molar refractivity (Wildman–Crippen MR) is 134 cm³/mol. The number of hydrogen-bond acceptors (Lipinski definition) is 5. The van der Waals surface area contributed by atoms with Gasteiger partial charge < -0.3 is 13.9 Å². The molecule has 1 N–H and O–H groups in total. The highest BCUT2D eigenvalue weighted by atomic mass is 79.9. The van der Waals surface area contributed by atoms with Gasteiger partial charge in [0.2, 0.25) is 0 Å². The number of halogens is 1. The lowest BCUT2D eigenvalue weighted by atomic mass is 10.1. The number of ether oxygens (including phenoxy) is 1. The Balaban J connectivity index is 1.80. The molecule has 0 aliphatic heterocycles. The molecule has 8 nitrogen and oxygen atoms in total. The molecule has 1 amide bonds. The molecule has 0 fully saturated rings. The molecule has 3 rings (SSSR count). The van der Waals surface area contributed by atoms with Gasteiger partial charge in [-0.1, -0.05) is 12.1 Å². The monoisotopic (exact) mass is 523 g/mol. The number of hydrazone groups is 1. The molecule has 1 aromatic carbocycles. The minimum absolute atomic E-state index is 0.0563. The second kappa shape index (κ2) is 10.6. The van der Waals surface area contributed by atoms with Crippen LogP contribution in [-0.2, 0) is 22.7 Å². The highest BCUT2D eigenvalue weighted by molar-refractivity contribution is 9.10. The molecule has 2 heterocycles. The van der Waals surface area contributed by atoms with Crippen LogP contribution in [-0.4, -0.2) is 28.4 Å². The van der Waals surface area contributed by atoms with E-state index in [0.29, 0.717) is 15.7 Å². The van der Waals surface area contributed by atoms with Crippen molar-refractivity contribution in [1.29, 1.82) is 5.26 Å². The fourth-order valence-corrected chi connectivity index (χ4v) is 4.41. The molecule has 176 valence electrons. The number of carbonyl (C=O) groups is 1. The molecule has 0 aliphatic rings. The molecule has 0 saturated carbocycles. The lowest BCUT2D eigenvalue weighted by Gasteiger charge is -2.15. The molecule has 0 bridgehead atoms. The van der Waals surface area contributed by atoms with Crippen molar-refractivity contribution in [3.05, 3.63) is 84.5 Å². The van der Waals surface area contributed by atoms with Crippen LogP contribution in [0.25, 0.3) is 5.69 Å². The summed E-state index contributed by atoms with van der Waals surface area (Å²) in [5.74, 6) is -0.482. The van der Waals surface area contributed by atoms with E-state index in [1.807, 2.05) is 51.1 Å². The van der Waals surface area contributed by atoms with Crippen LogP contribution in [0.5, 0.6) is 0 Å². The van der Waals surface area contributed by atoms with Gasteiger partial charge in [0, 0.05) is 45.5 Å². The fourth-order valence-electron chi connectivity index (χ4n) is 3.88. The van der Waals surface area contributed by atoms with Crippen LogP contribution in [0, 0.1) is 39.0 Å². The highest BCUT2D eigenvalue weighted by Crippen LogP contribution is 2.23. The van der Waals surface area contributed by atoms with Gasteiger partial charge in [0.1, 0.15) is 18.2 Å². The van der Waals surface area contributed by atoms with Crippen LogP contribution in [0.2, 0.25) is 0 Å². The maximum atomic E-state index is 12.8. The van der Waals surface area contributed by atoms with Gasteiger partial charge >= 0.3 is 0 Å². The molecule has 0 radical (unpaired) electrons. The summed E-state index contributed by atoms with van der Waals surface area (Å²) < 4.78 is 9.04. The van der Waals surface area contributed by atoms with Crippen molar-refractivity contribution in [3.8, 4) is 11.8 Å². The molecule has 0 saturated heterocycles. The summed E-state index contributed by atoms with van der Waals surface area (Å²) in [4.78, 5) is 25.3. The second-order valence-electron chi connectivity index (χ2n) is 7.98. The number of pyridine rings is 1. The Morgan fingerprint density at radius 1 is 1.24 bits per heavy atom. The molecule has 34 heavy (non-hydrogen) atoms. The number of nitrogens with one attached hydrogen (secondary N) is 1. The van der Waals surface area contributed by atoms with Crippen molar-refractivity contribution in [2.75, 3.05) is 7.11 Å². The van der Waals surface area contributed by atoms with Crippen LogP contribution >= 0.6 is 15.9 Å². The van der Waals surface area contributed by atoms with Crippen molar-refractivity contribution >= 4 is 28.1 Å². The number of nitriles is 1. The number of amides is 1. The summed E-state index contributed by atoms with van der Waals surface area (Å²) in [6.07, 6.45) is 1.58. The summed E-state index contributed by atoms with van der Waals surface area (Å²) in [7, 11) is 1.48. The first-order valence-electron chi connectivity index (χ1n) is 10.6. The average Bonchev–Trinajstić information content (AvgIpc) is 3.08. The van der Waals surface area contributed by atoms with Crippen LogP contribution < -0.4 is 11.0 Å². The zero-order chi connectivity index (χ0) is 25.0. The second-order valence-corrected chi connectivity index (χ2v) is 8.78. The quantitative estimate of drug-likeness (QED) is 0.375. The van der Waals surface area contributed by atoms with Gasteiger partial charge in [-0.05, 0) is 67.4 Å². The highest BCUT2D eigenvalue weighted by Gasteiger charge is 2.19. The number of methoxy groups -OCH3 is 1. The van der Waals surface area contributed by atoms with E-state index in [2.05, 4.69) is 37.1 Å². The van der Waals surface area contributed by atoms with Crippen molar-refractivity contribution in [3.63, 3.8) is 0 Å². The standard InChI is InChI=1S/C25H26BrN5O3/c1-15-7-6-8-20(9-15)31-16(2)10-19(17(31)3)12-28-29-23(32)13-30-18(4)24(26)22(14-34-5)21(11-27)25(30)33/h6-10,12H,13-14H2,1-5H3,(H,29,32)/b28-12+. The predicted octanol–water partition coefficient (Wildman–Crippen LogP) is 3.80. The zero-order valence-electron chi connectivity index (χ0n) is 19.8. The van der Waals surface area contributed by atoms with E-state index in [1.165, 1.54) is 17.2 Å². The number of aryl methyl sites for hydroxylation is 2. The van der Waals surface area contributed by atoms with E-state index < -0.39 is 11.5 Å². The number of aromatic nitrogens is 2. The van der Waals surface area contributed by atoms with Crippen LogP contribution in [0.15, 0.2) is 44.7 Å². The number of rotatable bonds is 7. The Labute approximate surface area is 206 Å². The van der Waals surface area contributed by atoms with Crippen molar-refractivity contribution in [1.82, 2.24) is 14.6 Å². The van der Waals surface area contributed by atoms with Gasteiger partial charge in [-0.25, -0.2) is 5.43 Å². The maximum Gasteiger partial charge on any atom is 0.269 e. The van der Waals surface area contributed by atoms with Gasteiger partial charge in [0.25, 0.3) is 11.5 Å². The van der Waals surface area contributed by atoms with Gasteiger partial charge in [0.05, 0.1) is 12.8 Å². The molecule has 0 spiro atoms. The first-order chi connectivity index (χ1) is 16.2. The molecule has 3 aromatic rings. The van der Waals surface area contributed by atoms with Crippen LogP contribution in [0.4, 0.5) is 0 Å². The third-order valence-electron chi connectivity index (χ3n) is 5.57. The SMILES string of the molecule is COCc1c(Br)c(C)n(CC(=O)N/N=C/c2cc(C)n(-c3cccc(C)c3)c2C)c(=O)c1C#N. The lowest BCUT2D eigenvalue weighted by Crippen LogP contribution is -2.33. The fraction of sp³-hybridized carbons (Fsp3) is 0.280. The molecule has 9 heteroatoms. The van der Waals surface area contributed by atoms with E-state index >= 15 is 0 Å². The van der Waals surface area contributed by atoms with Crippen LogP contribution in [0.3, 0.4) is 0 Å². The summed E-state index contributed by atoms with van der Waals surface area (Å²) in [6, 6.07) is 12.1. The zero-order valence-corrected chi connectivity index (χ0v) is 21.4. The smallest absolute Gasteiger partial charge is 0.269 e. The minimum atomic E-state index is -0.545. The van der Waals surface area contributed by atoms with Crippen LogP contribution in [0.1, 0.15) is 39.3 Å². The largest absolute Gasteiger partial charge is 0.380 e. The summed E-state index contributed by atoms with van der Waals surface area (Å²) in [5, 5.41) is 13.5. The van der Waals surface area contributed by atoms with E-state index in [-0.39, 0.29) is 18.7 Å². The van der Waals surface area contributed by atoms with Crippen molar-refractivity contribution in [2.45, 2.75) is 40.8 Å². The topological polar surface area (TPSA) is 101 Å². The Bertz CT molecular complexity index is 1380. The molecule has 0 unspecified atom stereocenters. The minimum Gasteiger partial charge on any atom is -0.380 e. The number of benzene rings is 1. The third-order valence-corrected chi connectivity index (χ3v) is 6.63. The Morgan fingerprint density at radius 2 is 1.97 bits per heavy atom. The van der Waals surface area contributed by atoms with Gasteiger partial charge in [0.15, 0.2) is 0 Å². The Kier molecular flexibility index (Phi) is 7.87. The lowest BCUT2D eigenvalue weighted by molar-refractivity contribution is -0.121. The van der Waals surface area contributed by atoms with Gasteiger partial charge in [-0.15, -0.1) is 0 Å². The molecule has 0 atom stereocenters. The van der Waals surface area contributed by atoms with E-state index in [1.54, 1.807) is 13.1 Å². The Morgan fingerprint density at radius 3 is 2.62 bits per heavy atom. The van der Waals surface area contributed by atoms with E-state index in [4.69, 9.17) is 4.74 Å². The number of hydrogen-bond donors (Lipinski definition) is 1. The summed E-state index contributed by atoms with van der Waals surface area (Å²) >= 11 is 3.42. The van der Waals surface area contributed by atoms with E-state index in [9.17, 15) is 14.9 Å². The average molecular weight is 524 g/mol. The summed E-state index contributed by atoms with van der Waals surface area (Å²) in [5.41, 5.74) is 7.99. The van der Waals surface area contributed by atoms with E-state index in [0.717, 1.165) is 22.6 Å². The normalized spacial score (nSPS) is 11.1. The molecule has 2 aromatic heterocycles. The molecular formula is C25H26BrN5O3. The first-order valence-corrected chi connectivity index (χ1v) is 11.4. The number of nitrogens with zero attached hydrogens (tertiary/aromatic N) is 4. The Hall–Kier alpha value is -3.48. The van der Waals surface area contributed by atoms with Crippen molar-refractivity contribution in [2.24, 2.45) is 5.10 Å². The third kappa shape index (κ3) is 5.03. The van der Waals surface area contributed by atoms with Crippen molar-refractivity contribution < 1.29 is 9.53 Å². The molecule has 0 aliphatic carbocycles.